The largest absolute Gasteiger partial charge is 0.450 e. The molecule has 0 radical (unpaired) electrons. The molecule has 0 bridgehead atoms. The lowest BCUT2D eigenvalue weighted by atomic mass is 10.0. The van der Waals surface area contributed by atoms with Crippen molar-refractivity contribution in [2.24, 2.45) is 5.10 Å². The molecule has 2 amide bonds. The summed E-state index contributed by atoms with van der Waals surface area (Å²) in [5.74, 6) is -0.315. The predicted octanol–water partition coefficient (Wildman–Crippen LogP) is 3.80. The van der Waals surface area contributed by atoms with Gasteiger partial charge in [-0.2, -0.15) is 5.10 Å². The molecule has 0 unspecified atom stereocenters. The van der Waals surface area contributed by atoms with Crippen molar-refractivity contribution in [3.63, 3.8) is 0 Å². The lowest BCUT2D eigenvalue weighted by Gasteiger charge is -2.18. The van der Waals surface area contributed by atoms with Crippen molar-refractivity contribution in [2.45, 2.75) is 26.3 Å². The van der Waals surface area contributed by atoms with Crippen LogP contribution in [0.15, 0.2) is 59.7 Å². The number of amides is 2. The summed E-state index contributed by atoms with van der Waals surface area (Å²) in [6, 6.07) is 16.7. The summed E-state index contributed by atoms with van der Waals surface area (Å²) >= 11 is 0. The Bertz CT molecular complexity index is 1010. The maximum atomic E-state index is 12.4. The van der Waals surface area contributed by atoms with Crippen molar-refractivity contribution < 1.29 is 14.3 Å². The molecule has 7 nitrogen and oxygen atoms in total. The molecule has 0 fully saturated rings. The van der Waals surface area contributed by atoms with E-state index >= 15 is 0 Å². The van der Waals surface area contributed by atoms with Crippen molar-refractivity contribution in [1.82, 2.24) is 15.7 Å². The van der Waals surface area contributed by atoms with Gasteiger partial charge in [0.15, 0.2) is 0 Å². The molecule has 150 valence electrons. The van der Waals surface area contributed by atoms with Gasteiger partial charge in [-0.05, 0) is 25.5 Å². The van der Waals surface area contributed by atoms with E-state index in [2.05, 4.69) is 20.8 Å². The standard InChI is InChI=1S/C22H24N4O3/c1-3-29-22(28)25-20(16-9-5-4-6-10-16)13-21(27)26-23-14-18-15(2)24-19-12-8-7-11-17(18)19/h4-12,14,20,24H,3,13H2,1-2H3,(H,25,28)(H,26,27)/b23-14-/t20-/m0/s1. The summed E-state index contributed by atoms with van der Waals surface area (Å²) < 4.78 is 4.94. The van der Waals surface area contributed by atoms with Gasteiger partial charge >= 0.3 is 6.09 Å². The van der Waals surface area contributed by atoms with E-state index in [1.165, 1.54) is 0 Å². The number of nitrogens with one attached hydrogen (secondary N) is 3. The average Bonchev–Trinajstić information content (AvgIpc) is 3.04. The lowest BCUT2D eigenvalue weighted by molar-refractivity contribution is -0.121. The van der Waals surface area contributed by atoms with Crippen molar-refractivity contribution in [3.8, 4) is 0 Å². The number of fused-ring (bicyclic) bond motifs is 1. The van der Waals surface area contributed by atoms with Crippen LogP contribution >= 0.6 is 0 Å². The molecule has 29 heavy (non-hydrogen) atoms. The first-order valence-corrected chi connectivity index (χ1v) is 9.46. The highest BCUT2D eigenvalue weighted by atomic mass is 16.5. The summed E-state index contributed by atoms with van der Waals surface area (Å²) in [5.41, 5.74) is 6.26. The lowest BCUT2D eigenvalue weighted by Crippen LogP contribution is -2.33. The second-order valence-electron chi connectivity index (χ2n) is 6.53. The van der Waals surface area contributed by atoms with Crippen LogP contribution in [0.1, 0.15) is 36.2 Å². The number of hydrogen-bond donors (Lipinski definition) is 3. The molecular weight excluding hydrogens is 368 g/mol. The molecule has 0 spiro atoms. The third-order valence-electron chi connectivity index (χ3n) is 4.49. The quantitative estimate of drug-likeness (QED) is 0.421. The second-order valence-corrected chi connectivity index (χ2v) is 6.53. The monoisotopic (exact) mass is 392 g/mol. The Kier molecular flexibility index (Phi) is 6.63. The van der Waals surface area contributed by atoms with E-state index < -0.39 is 12.1 Å². The topological polar surface area (TPSA) is 95.6 Å². The minimum absolute atomic E-state index is 0.0348. The molecule has 1 atom stereocenters. The Morgan fingerprint density at radius 3 is 2.62 bits per heavy atom. The van der Waals surface area contributed by atoms with Gasteiger partial charge in [0.05, 0.1) is 25.3 Å². The minimum atomic E-state index is -0.563. The molecule has 3 N–H and O–H groups in total. The van der Waals surface area contributed by atoms with E-state index in [1.807, 2.05) is 61.5 Å². The number of hydrazone groups is 1. The van der Waals surface area contributed by atoms with Crippen molar-refractivity contribution in [3.05, 3.63) is 71.4 Å². The molecule has 0 saturated carbocycles. The number of rotatable bonds is 7. The molecule has 0 saturated heterocycles. The summed E-state index contributed by atoms with van der Waals surface area (Å²) in [4.78, 5) is 27.5. The van der Waals surface area contributed by atoms with E-state index in [9.17, 15) is 9.59 Å². The molecule has 0 aliphatic carbocycles. The third kappa shape index (κ3) is 5.22. The van der Waals surface area contributed by atoms with Crippen LogP contribution in [-0.4, -0.2) is 29.8 Å². The molecule has 2 aromatic carbocycles. The Morgan fingerprint density at radius 1 is 1.14 bits per heavy atom. The third-order valence-corrected chi connectivity index (χ3v) is 4.49. The first kappa shape index (κ1) is 20.1. The molecule has 0 aliphatic rings. The van der Waals surface area contributed by atoms with Crippen LogP contribution in [0.5, 0.6) is 0 Å². The van der Waals surface area contributed by atoms with Crippen LogP contribution in [0.2, 0.25) is 0 Å². The average molecular weight is 392 g/mol. The number of aromatic nitrogens is 1. The molecule has 7 heteroatoms. The number of nitrogens with zero attached hydrogens (tertiary/aromatic N) is 1. The van der Waals surface area contributed by atoms with Gasteiger partial charge in [0, 0.05) is 22.2 Å². The fraction of sp³-hybridized carbons (Fsp3) is 0.227. The molecule has 0 aliphatic heterocycles. The van der Waals surface area contributed by atoms with Gasteiger partial charge in [-0.3, -0.25) is 4.79 Å². The summed E-state index contributed by atoms with van der Waals surface area (Å²) in [5, 5.41) is 7.86. The van der Waals surface area contributed by atoms with Crippen LogP contribution in [0, 0.1) is 6.92 Å². The highest BCUT2D eigenvalue weighted by Gasteiger charge is 2.18. The Morgan fingerprint density at radius 2 is 1.86 bits per heavy atom. The maximum absolute atomic E-state index is 12.4. The zero-order chi connectivity index (χ0) is 20.6. The highest BCUT2D eigenvalue weighted by Crippen LogP contribution is 2.20. The van der Waals surface area contributed by atoms with Crippen LogP contribution < -0.4 is 10.7 Å². The Hall–Kier alpha value is -3.61. The maximum Gasteiger partial charge on any atom is 0.407 e. The van der Waals surface area contributed by atoms with E-state index in [4.69, 9.17) is 4.74 Å². The first-order chi connectivity index (χ1) is 14.1. The number of hydrogen-bond acceptors (Lipinski definition) is 4. The Labute approximate surface area is 169 Å². The highest BCUT2D eigenvalue weighted by molar-refractivity contribution is 6.00. The van der Waals surface area contributed by atoms with Crippen LogP contribution in [-0.2, 0) is 9.53 Å². The normalized spacial score (nSPS) is 12.1. The van der Waals surface area contributed by atoms with Gasteiger partial charge in [0.2, 0.25) is 5.91 Å². The number of aryl methyl sites for hydroxylation is 1. The van der Waals surface area contributed by atoms with Crippen LogP contribution in [0.3, 0.4) is 0 Å². The molecule has 1 heterocycles. The van der Waals surface area contributed by atoms with Crippen molar-refractivity contribution >= 4 is 29.1 Å². The Balaban J connectivity index is 1.67. The summed E-state index contributed by atoms with van der Waals surface area (Å²) in [7, 11) is 0. The van der Waals surface area contributed by atoms with Crippen LogP contribution in [0.4, 0.5) is 4.79 Å². The number of benzene rings is 2. The zero-order valence-electron chi connectivity index (χ0n) is 16.4. The number of H-pyrrole nitrogens is 1. The smallest absolute Gasteiger partial charge is 0.407 e. The summed E-state index contributed by atoms with van der Waals surface area (Å²) in [6.45, 7) is 3.94. The number of carbonyl (C=O) groups excluding carboxylic acids is 2. The van der Waals surface area contributed by atoms with Gasteiger partial charge in [-0.1, -0.05) is 48.5 Å². The number of alkyl carbamates (subject to hydrolysis) is 1. The number of ether oxygens (including phenoxy) is 1. The van der Waals surface area contributed by atoms with Gasteiger partial charge in [-0.25, -0.2) is 10.2 Å². The second kappa shape index (κ2) is 9.54. The van der Waals surface area contributed by atoms with Crippen LogP contribution in [0.25, 0.3) is 10.9 Å². The predicted molar refractivity (Wildman–Crippen MR) is 113 cm³/mol. The van der Waals surface area contributed by atoms with Gasteiger partial charge < -0.3 is 15.0 Å². The van der Waals surface area contributed by atoms with Gasteiger partial charge in [0.1, 0.15) is 0 Å². The van der Waals surface area contributed by atoms with Crippen molar-refractivity contribution in [2.75, 3.05) is 6.61 Å². The molecule has 1 aromatic heterocycles. The fourth-order valence-electron chi connectivity index (χ4n) is 3.12. The van der Waals surface area contributed by atoms with Gasteiger partial charge in [0.25, 0.3) is 0 Å². The molecule has 3 aromatic rings. The minimum Gasteiger partial charge on any atom is -0.450 e. The molecular formula is C22H24N4O3. The molecule has 3 rings (SSSR count). The van der Waals surface area contributed by atoms with Gasteiger partial charge in [-0.15, -0.1) is 0 Å². The van der Waals surface area contributed by atoms with Crippen molar-refractivity contribution in [1.29, 1.82) is 0 Å². The van der Waals surface area contributed by atoms with E-state index in [1.54, 1.807) is 13.1 Å². The number of carbonyl (C=O) groups is 2. The zero-order valence-corrected chi connectivity index (χ0v) is 16.4. The number of para-hydroxylation sites is 1. The van der Waals surface area contributed by atoms with E-state index in [-0.39, 0.29) is 18.9 Å². The van der Waals surface area contributed by atoms with E-state index in [0.29, 0.717) is 0 Å². The number of aromatic amines is 1. The fourth-order valence-corrected chi connectivity index (χ4v) is 3.12. The summed E-state index contributed by atoms with van der Waals surface area (Å²) in [6.07, 6.45) is 1.10. The van der Waals surface area contributed by atoms with E-state index in [0.717, 1.165) is 27.7 Å². The first-order valence-electron chi connectivity index (χ1n) is 9.46. The SMILES string of the molecule is CCOC(=O)N[C@@H](CC(=O)N/N=C\c1c(C)[nH]c2ccccc12)c1ccccc1.